The lowest BCUT2D eigenvalue weighted by Crippen LogP contribution is -2.32. The van der Waals surface area contributed by atoms with E-state index in [1.807, 2.05) is 35.7 Å². The van der Waals surface area contributed by atoms with Gasteiger partial charge in [0.05, 0.1) is 24.4 Å². The van der Waals surface area contributed by atoms with E-state index in [0.717, 1.165) is 11.3 Å². The highest BCUT2D eigenvalue weighted by Gasteiger charge is 2.19. The quantitative estimate of drug-likeness (QED) is 0.524. The molecule has 2 aromatic carbocycles. The van der Waals surface area contributed by atoms with Crippen molar-refractivity contribution in [2.75, 3.05) is 32.2 Å². The molecule has 4 rings (SSSR count). The van der Waals surface area contributed by atoms with Gasteiger partial charge in [-0.3, -0.25) is 9.69 Å². The molecule has 0 radical (unpaired) electrons. The Morgan fingerprint density at radius 3 is 2.65 bits per heavy atom. The number of nitrogens with zero attached hydrogens (tertiary/aromatic N) is 1. The maximum absolute atomic E-state index is 12.9. The summed E-state index contributed by atoms with van der Waals surface area (Å²) in [6, 6.07) is 15.3. The van der Waals surface area contributed by atoms with Gasteiger partial charge in [-0.05, 0) is 17.5 Å². The molecule has 1 aromatic heterocycles. The number of carbonyl (C=O) groups is 1. The van der Waals surface area contributed by atoms with Crippen molar-refractivity contribution in [3.05, 3.63) is 69.4 Å². The number of hydrogen-bond acceptors (Lipinski definition) is 6. The van der Waals surface area contributed by atoms with Gasteiger partial charge in [0.25, 0.3) is 0 Å². The molecule has 0 spiro atoms. The van der Waals surface area contributed by atoms with Crippen LogP contribution in [-0.2, 0) is 17.9 Å². The Kier molecular flexibility index (Phi) is 6.96. The van der Waals surface area contributed by atoms with Crippen molar-refractivity contribution in [2.45, 2.75) is 13.1 Å². The molecule has 0 saturated carbocycles. The first kappa shape index (κ1) is 21.5. The minimum Gasteiger partial charge on any atom is -0.496 e. The lowest BCUT2D eigenvalue weighted by atomic mass is 10.2. The molecule has 0 atom stereocenters. The van der Waals surface area contributed by atoms with Gasteiger partial charge < -0.3 is 19.5 Å². The van der Waals surface area contributed by atoms with Crippen LogP contribution in [0.2, 0.25) is 5.02 Å². The number of ether oxygens (including phenoxy) is 3. The van der Waals surface area contributed by atoms with Gasteiger partial charge in [-0.25, -0.2) is 0 Å². The molecule has 2 heterocycles. The molecule has 1 amide bonds. The number of fused-ring (bicyclic) bond motifs is 1. The normalized spacial score (nSPS) is 12.6. The zero-order valence-electron chi connectivity index (χ0n) is 17.1. The molecule has 8 heteroatoms. The van der Waals surface area contributed by atoms with Crippen LogP contribution in [-0.4, -0.2) is 37.7 Å². The number of halogens is 1. The van der Waals surface area contributed by atoms with Gasteiger partial charge >= 0.3 is 0 Å². The number of anilines is 1. The maximum Gasteiger partial charge on any atom is 0.238 e. The second kappa shape index (κ2) is 10.0. The number of amides is 1. The number of methoxy groups -OCH3 is 1. The molecular formula is C23H23ClN2O4S. The Morgan fingerprint density at radius 1 is 1.13 bits per heavy atom. The molecule has 3 aromatic rings. The van der Waals surface area contributed by atoms with Crippen LogP contribution in [0.25, 0.3) is 0 Å². The second-order valence-electron chi connectivity index (χ2n) is 7.06. The summed E-state index contributed by atoms with van der Waals surface area (Å²) in [5.74, 6) is 1.80. The zero-order valence-corrected chi connectivity index (χ0v) is 18.7. The smallest absolute Gasteiger partial charge is 0.238 e. The summed E-state index contributed by atoms with van der Waals surface area (Å²) in [5.41, 5.74) is 1.52. The van der Waals surface area contributed by atoms with E-state index in [-0.39, 0.29) is 12.5 Å². The fourth-order valence-corrected chi connectivity index (χ4v) is 4.36. The number of thiophene rings is 1. The summed E-state index contributed by atoms with van der Waals surface area (Å²) in [6.45, 7) is 2.37. The molecule has 0 aliphatic carbocycles. The van der Waals surface area contributed by atoms with Gasteiger partial charge in [-0.15, -0.1) is 11.3 Å². The van der Waals surface area contributed by atoms with Crippen LogP contribution in [0.1, 0.15) is 10.4 Å². The third-order valence-corrected chi connectivity index (χ3v) is 5.99. The molecular weight excluding hydrogens is 436 g/mol. The third-order valence-electron chi connectivity index (χ3n) is 4.82. The fourth-order valence-electron chi connectivity index (χ4n) is 3.42. The first-order chi connectivity index (χ1) is 15.1. The van der Waals surface area contributed by atoms with Crippen LogP contribution >= 0.6 is 22.9 Å². The summed E-state index contributed by atoms with van der Waals surface area (Å²) >= 11 is 8.01. The van der Waals surface area contributed by atoms with Crippen LogP contribution in [0.5, 0.6) is 17.2 Å². The summed E-state index contributed by atoms with van der Waals surface area (Å²) in [7, 11) is 1.65. The lowest BCUT2D eigenvalue weighted by molar-refractivity contribution is -0.117. The average Bonchev–Trinajstić information content (AvgIpc) is 3.27. The highest BCUT2D eigenvalue weighted by Crippen LogP contribution is 2.38. The molecule has 31 heavy (non-hydrogen) atoms. The molecule has 0 fully saturated rings. The Morgan fingerprint density at radius 2 is 1.90 bits per heavy atom. The Balaban J connectivity index is 1.49. The minimum absolute atomic E-state index is 0.162. The first-order valence-electron chi connectivity index (χ1n) is 9.88. The van der Waals surface area contributed by atoms with Crippen molar-refractivity contribution in [3.8, 4) is 17.2 Å². The maximum atomic E-state index is 12.9. The van der Waals surface area contributed by atoms with Gasteiger partial charge in [0, 0.05) is 35.7 Å². The molecule has 0 unspecified atom stereocenters. The highest BCUT2D eigenvalue weighted by atomic mass is 35.5. The predicted octanol–water partition coefficient (Wildman–Crippen LogP) is 4.82. The monoisotopic (exact) mass is 458 g/mol. The number of rotatable bonds is 8. The van der Waals surface area contributed by atoms with Gasteiger partial charge in [-0.2, -0.15) is 0 Å². The fraction of sp³-hybridized carbons (Fsp3) is 0.261. The number of para-hydroxylation sites is 1. The van der Waals surface area contributed by atoms with Crippen LogP contribution in [0.4, 0.5) is 5.69 Å². The topological polar surface area (TPSA) is 60.0 Å². The van der Waals surface area contributed by atoms with E-state index in [0.29, 0.717) is 48.5 Å². The van der Waals surface area contributed by atoms with Crippen molar-refractivity contribution in [2.24, 2.45) is 0 Å². The van der Waals surface area contributed by atoms with Crippen LogP contribution < -0.4 is 19.5 Å². The Bertz CT molecular complexity index is 1040. The van der Waals surface area contributed by atoms with E-state index in [1.165, 1.54) is 4.88 Å². The van der Waals surface area contributed by atoms with Crippen molar-refractivity contribution in [3.63, 3.8) is 0 Å². The summed E-state index contributed by atoms with van der Waals surface area (Å²) in [6.07, 6.45) is 0. The Labute approximate surface area is 190 Å². The van der Waals surface area contributed by atoms with E-state index in [1.54, 1.807) is 30.6 Å². The molecule has 1 N–H and O–H groups in total. The van der Waals surface area contributed by atoms with Crippen molar-refractivity contribution in [1.82, 2.24) is 4.90 Å². The molecule has 162 valence electrons. The van der Waals surface area contributed by atoms with Gasteiger partial charge in [0.2, 0.25) is 5.91 Å². The van der Waals surface area contributed by atoms with Gasteiger partial charge in [-0.1, -0.05) is 35.9 Å². The van der Waals surface area contributed by atoms with Crippen molar-refractivity contribution in [1.29, 1.82) is 0 Å². The number of hydrogen-bond donors (Lipinski definition) is 1. The molecule has 0 bridgehead atoms. The molecule has 1 aliphatic heterocycles. The van der Waals surface area contributed by atoms with E-state index >= 15 is 0 Å². The predicted molar refractivity (Wildman–Crippen MR) is 122 cm³/mol. The number of nitrogens with one attached hydrogen (secondary N) is 1. The summed E-state index contributed by atoms with van der Waals surface area (Å²) in [5, 5.41) is 5.35. The average molecular weight is 459 g/mol. The molecule has 6 nitrogen and oxygen atoms in total. The number of benzene rings is 2. The molecule has 0 saturated heterocycles. The minimum atomic E-state index is -0.162. The molecule has 1 aliphatic rings. The largest absolute Gasteiger partial charge is 0.496 e. The van der Waals surface area contributed by atoms with Gasteiger partial charge in [0.15, 0.2) is 11.5 Å². The number of carbonyl (C=O) groups excluding carboxylic acids is 1. The Hall–Kier alpha value is -2.74. The SMILES string of the molecule is COc1ccccc1CN(CC(=O)Nc1cc2c(cc1Cl)OCCO2)Cc1cccs1. The van der Waals surface area contributed by atoms with Crippen molar-refractivity contribution >= 4 is 34.5 Å². The van der Waals surface area contributed by atoms with Gasteiger partial charge in [0.1, 0.15) is 19.0 Å². The van der Waals surface area contributed by atoms with E-state index < -0.39 is 0 Å². The van der Waals surface area contributed by atoms with Crippen molar-refractivity contribution < 1.29 is 19.0 Å². The van der Waals surface area contributed by atoms with E-state index in [4.69, 9.17) is 25.8 Å². The highest BCUT2D eigenvalue weighted by molar-refractivity contribution is 7.09. The standard InChI is InChI=1S/C23H23ClN2O4S/c1-28-20-7-3-2-5-16(20)13-26(14-17-6-4-10-31-17)15-23(27)25-19-12-22-21(11-18(19)24)29-8-9-30-22/h2-7,10-12H,8-9,13-15H2,1H3,(H,25,27). The first-order valence-corrected chi connectivity index (χ1v) is 11.1. The van der Waals surface area contributed by atoms with Crippen LogP contribution in [0.3, 0.4) is 0 Å². The summed E-state index contributed by atoms with van der Waals surface area (Å²) < 4.78 is 16.6. The summed E-state index contributed by atoms with van der Waals surface area (Å²) in [4.78, 5) is 16.2. The van der Waals surface area contributed by atoms with E-state index in [2.05, 4.69) is 16.3 Å². The van der Waals surface area contributed by atoms with E-state index in [9.17, 15) is 4.79 Å². The van der Waals surface area contributed by atoms with Crippen LogP contribution in [0.15, 0.2) is 53.9 Å². The van der Waals surface area contributed by atoms with Crippen LogP contribution in [0, 0.1) is 0 Å². The zero-order chi connectivity index (χ0) is 21.6. The lowest BCUT2D eigenvalue weighted by Gasteiger charge is -2.23. The third kappa shape index (κ3) is 5.50. The second-order valence-corrected chi connectivity index (χ2v) is 8.50.